The Balaban J connectivity index is 1.71. The van der Waals surface area contributed by atoms with Crippen molar-refractivity contribution in [3.05, 3.63) is 48.3 Å². The van der Waals surface area contributed by atoms with Gasteiger partial charge in [0.2, 0.25) is 0 Å². The number of phenols is 1. The molecule has 2 N–H and O–H groups in total. The van der Waals surface area contributed by atoms with Gasteiger partial charge in [-0.15, -0.1) is 0 Å². The maximum absolute atomic E-state index is 10.2. The number of ether oxygens (including phenoxy) is 1. The highest BCUT2D eigenvalue weighted by molar-refractivity contribution is 5.82. The van der Waals surface area contributed by atoms with Crippen LogP contribution in [0.5, 0.6) is 11.5 Å². The van der Waals surface area contributed by atoms with Crippen LogP contribution in [0, 0.1) is 0 Å². The molecular formula is C24H30N6O2. The summed E-state index contributed by atoms with van der Waals surface area (Å²) in [7, 11) is 3.55. The summed E-state index contributed by atoms with van der Waals surface area (Å²) < 4.78 is 5.38. The van der Waals surface area contributed by atoms with Crippen LogP contribution in [0.1, 0.15) is 25.5 Å². The fourth-order valence-electron chi connectivity index (χ4n) is 3.82. The molecule has 0 radical (unpaired) electrons. The standard InChI is InChI=1S/C24H30N6O2/c1-16(2)25-7-8-30(19-9-20(31)12-21(10-19)32-4)18-5-6-22-23(11-18)28-24(14-26-22)17-13-27-29(3)15-17/h5-6,9-14,16-17,25,31H,7-8,15H2,1-4H3. The van der Waals surface area contributed by atoms with Gasteiger partial charge < -0.3 is 20.1 Å². The molecule has 8 nitrogen and oxygen atoms in total. The third-order valence-electron chi connectivity index (χ3n) is 5.45. The second kappa shape index (κ2) is 9.40. The topological polar surface area (TPSA) is 86.1 Å². The number of nitrogens with zero attached hydrogens (tertiary/aromatic N) is 5. The van der Waals surface area contributed by atoms with E-state index in [1.165, 1.54) is 0 Å². The van der Waals surface area contributed by atoms with Crippen molar-refractivity contribution in [2.24, 2.45) is 5.10 Å². The number of hydrazone groups is 1. The number of phenolic OH excluding ortho intramolecular Hbond substituents is 1. The zero-order valence-electron chi connectivity index (χ0n) is 19.0. The van der Waals surface area contributed by atoms with E-state index in [4.69, 9.17) is 9.72 Å². The smallest absolute Gasteiger partial charge is 0.124 e. The quantitative estimate of drug-likeness (QED) is 0.561. The summed E-state index contributed by atoms with van der Waals surface area (Å²) in [5.41, 5.74) is 4.40. The first-order chi connectivity index (χ1) is 15.4. The lowest BCUT2D eigenvalue weighted by atomic mass is 10.1. The first kappa shape index (κ1) is 21.8. The van der Waals surface area contributed by atoms with E-state index in [2.05, 4.69) is 34.1 Å². The van der Waals surface area contributed by atoms with Gasteiger partial charge in [-0.3, -0.25) is 9.99 Å². The third kappa shape index (κ3) is 4.91. The van der Waals surface area contributed by atoms with Gasteiger partial charge in [-0.25, -0.2) is 4.98 Å². The number of aromatic hydroxyl groups is 1. The van der Waals surface area contributed by atoms with Crippen LogP contribution >= 0.6 is 0 Å². The molecule has 3 aromatic rings. The number of nitrogens with one attached hydrogen (secondary N) is 1. The van der Waals surface area contributed by atoms with Crippen LogP contribution in [0.3, 0.4) is 0 Å². The van der Waals surface area contributed by atoms with Gasteiger partial charge in [0.05, 0.1) is 29.8 Å². The van der Waals surface area contributed by atoms with Crippen molar-refractivity contribution in [1.82, 2.24) is 20.3 Å². The summed E-state index contributed by atoms with van der Waals surface area (Å²) >= 11 is 0. The fourth-order valence-corrected chi connectivity index (χ4v) is 3.82. The summed E-state index contributed by atoms with van der Waals surface area (Å²) in [6, 6.07) is 11.7. The monoisotopic (exact) mass is 434 g/mol. The van der Waals surface area contributed by atoms with Crippen LogP contribution in [0.4, 0.5) is 11.4 Å². The summed E-state index contributed by atoms with van der Waals surface area (Å²) in [5.74, 6) is 0.908. The molecule has 168 valence electrons. The van der Waals surface area contributed by atoms with E-state index in [1.807, 2.05) is 48.7 Å². The number of methoxy groups -OCH3 is 1. The Hall–Kier alpha value is -3.39. The van der Waals surface area contributed by atoms with Gasteiger partial charge in [0.1, 0.15) is 11.5 Å². The molecule has 0 fully saturated rings. The Morgan fingerprint density at radius 3 is 2.75 bits per heavy atom. The van der Waals surface area contributed by atoms with Gasteiger partial charge in [0.25, 0.3) is 0 Å². The molecule has 1 atom stereocenters. The van der Waals surface area contributed by atoms with Crippen molar-refractivity contribution in [1.29, 1.82) is 0 Å². The Morgan fingerprint density at radius 2 is 2.03 bits per heavy atom. The van der Waals surface area contributed by atoms with E-state index in [1.54, 1.807) is 19.2 Å². The van der Waals surface area contributed by atoms with Crippen LogP contribution in [-0.2, 0) is 0 Å². The average molecular weight is 435 g/mol. The van der Waals surface area contributed by atoms with Gasteiger partial charge in [-0.1, -0.05) is 13.8 Å². The average Bonchev–Trinajstić information content (AvgIpc) is 3.21. The molecule has 4 rings (SSSR count). The van der Waals surface area contributed by atoms with Gasteiger partial charge in [-0.2, -0.15) is 5.10 Å². The highest BCUT2D eigenvalue weighted by atomic mass is 16.5. The number of likely N-dealkylation sites (N-methyl/N-ethyl adjacent to an activating group) is 1. The highest BCUT2D eigenvalue weighted by Gasteiger charge is 2.19. The molecule has 1 aliphatic heterocycles. The number of benzene rings is 2. The van der Waals surface area contributed by atoms with Gasteiger partial charge >= 0.3 is 0 Å². The Labute approximate surface area is 188 Å². The number of hydrogen-bond donors (Lipinski definition) is 2. The lowest BCUT2D eigenvalue weighted by molar-refractivity contribution is 0.380. The molecular weight excluding hydrogens is 404 g/mol. The van der Waals surface area contributed by atoms with E-state index in [0.717, 1.165) is 41.2 Å². The summed E-state index contributed by atoms with van der Waals surface area (Å²) in [6.07, 6.45) is 3.75. The van der Waals surface area contributed by atoms with Crippen LogP contribution in [0.15, 0.2) is 47.7 Å². The molecule has 0 saturated carbocycles. The van der Waals surface area contributed by atoms with E-state index in [-0.39, 0.29) is 11.7 Å². The van der Waals surface area contributed by atoms with Gasteiger partial charge in [0.15, 0.2) is 0 Å². The molecule has 0 amide bonds. The first-order valence-electron chi connectivity index (χ1n) is 10.8. The largest absolute Gasteiger partial charge is 0.508 e. The predicted molar refractivity (Wildman–Crippen MR) is 128 cm³/mol. The van der Waals surface area contributed by atoms with Crippen LogP contribution in [0.2, 0.25) is 0 Å². The number of rotatable bonds is 8. The Kier molecular flexibility index (Phi) is 6.41. The SMILES string of the molecule is COc1cc(O)cc(N(CCNC(C)C)c2ccc3ncc(C4C=NN(C)C4)nc3c2)c1. The van der Waals surface area contributed by atoms with E-state index in [0.29, 0.717) is 18.3 Å². The number of hydrogen-bond acceptors (Lipinski definition) is 8. The molecule has 0 saturated heterocycles. The van der Waals surface area contributed by atoms with Crippen molar-refractivity contribution in [2.75, 3.05) is 38.7 Å². The van der Waals surface area contributed by atoms with E-state index in [9.17, 15) is 5.11 Å². The second-order valence-corrected chi connectivity index (χ2v) is 8.33. The fraction of sp³-hybridized carbons (Fsp3) is 0.375. The minimum absolute atomic E-state index is 0.141. The summed E-state index contributed by atoms with van der Waals surface area (Å²) in [4.78, 5) is 11.7. The molecule has 8 heteroatoms. The molecule has 1 aliphatic rings. The minimum Gasteiger partial charge on any atom is -0.508 e. The van der Waals surface area contributed by atoms with Crippen LogP contribution in [0.25, 0.3) is 11.0 Å². The maximum Gasteiger partial charge on any atom is 0.124 e. The molecule has 0 aliphatic carbocycles. The number of anilines is 2. The van der Waals surface area contributed by atoms with Crippen molar-refractivity contribution < 1.29 is 9.84 Å². The first-order valence-corrected chi connectivity index (χ1v) is 10.8. The molecule has 0 bridgehead atoms. The van der Waals surface area contributed by atoms with Crippen molar-refractivity contribution in [2.45, 2.75) is 25.8 Å². The van der Waals surface area contributed by atoms with E-state index >= 15 is 0 Å². The summed E-state index contributed by atoms with van der Waals surface area (Å²) in [5, 5.41) is 19.9. The third-order valence-corrected chi connectivity index (χ3v) is 5.45. The molecule has 2 aromatic carbocycles. The Bertz CT molecular complexity index is 1120. The second-order valence-electron chi connectivity index (χ2n) is 8.33. The molecule has 1 aromatic heterocycles. The van der Waals surface area contributed by atoms with Crippen molar-refractivity contribution in [3.63, 3.8) is 0 Å². The zero-order chi connectivity index (χ0) is 22.7. The lowest BCUT2D eigenvalue weighted by Crippen LogP contribution is -2.32. The van der Waals surface area contributed by atoms with Gasteiger partial charge in [-0.05, 0) is 18.2 Å². The minimum atomic E-state index is 0.141. The van der Waals surface area contributed by atoms with Crippen molar-refractivity contribution in [3.8, 4) is 11.5 Å². The highest BCUT2D eigenvalue weighted by Crippen LogP contribution is 2.33. The number of aromatic nitrogens is 2. The van der Waals surface area contributed by atoms with Gasteiger partial charge in [0, 0.05) is 74.7 Å². The molecule has 0 spiro atoms. The van der Waals surface area contributed by atoms with Crippen LogP contribution < -0.4 is 15.0 Å². The predicted octanol–water partition coefficient (Wildman–Crippen LogP) is 3.49. The lowest BCUT2D eigenvalue weighted by Gasteiger charge is -2.26. The number of fused-ring (bicyclic) bond motifs is 1. The zero-order valence-corrected chi connectivity index (χ0v) is 19.0. The van der Waals surface area contributed by atoms with Crippen molar-refractivity contribution >= 4 is 28.6 Å². The molecule has 1 unspecified atom stereocenters. The van der Waals surface area contributed by atoms with Crippen LogP contribution in [-0.4, -0.2) is 66.1 Å². The normalized spacial score (nSPS) is 15.7. The summed E-state index contributed by atoms with van der Waals surface area (Å²) in [6.45, 7) is 6.54. The maximum atomic E-state index is 10.2. The molecule has 32 heavy (non-hydrogen) atoms. The van der Waals surface area contributed by atoms with E-state index < -0.39 is 0 Å². The molecule has 2 heterocycles. The Morgan fingerprint density at radius 1 is 1.19 bits per heavy atom.